The van der Waals surface area contributed by atoms with Crippen molar-refractivity contribution in [1.82, 2.24) is 0 Å². The molecule has 0 bridgehead atoms. The summed E-state index contributed by atoms with van der Waals surface area (Å²) >= 11 is 0. The number of esters is 3. The lowest BCUT2D eigenvalue weighted by Gasteiger charge is -2.66. The van der Waals surface area contributed by atoms with Gasteiger partial charge in [-0.3, -0.25) is 4.79 Å². The van der Waals surface area contributed by atoms with Crippen molar-refractivity contribution in [2.24, 2.45) is 28.1 Å². The van der Waals surface area contributed by atoms with Gasteiger partial charge in [-0.05, 0) is 62.0 Å². The maximum absolute atomic E-state index is 14.0. The van der Waals surface area contributed by atoms with Crippen LogP contribution in [0.3, 0.4) is 0 Å². The molecule has 2 aliphatic heterocycles. The van der Waals surface area contributed by atoms with Crippen molar-refractivity contribution in [1.29, 1.82) is 0 Å². The predicted molar refractivity (Wildman–Crippen MR) is 190 cm³/mol. The van der Waals surface area contributed by atoms with Crippen molar-refractivity contribution in [2.75, 3.05) is 6.61 Å². The minimum Gasteiger partial charge on any atom is -0.472 e. The van der Waals surface area contributed by atoms with Gasteiger partial charge in [-0.2, -0.15) is 0 Å². The molecule has 7 rings (SSSR count). The zero-order valence-electron chi connectivity index (χ0n) is 31.0. The van der Waals surface area contributed by atoms with Gasteiger partial charge >= 0.3 is 17.9 Å². The number of aliphatic hydroxyl groups is 1. The Morgan fingerprint density at radius 1 is 0.962 bits per heavy atom. The van der Waals surface area contributed by atoms with Crippen LogP contribution in [0.4, 0.5) is 0 Å². The highest BCUT2D eigenvalue weighted by Gasteiger charge is 2.77. The van der Waals surface area contributed by atoms with Crippen LogP contribution >= 0.6 is 0 Å². The van der Waals surface area contributed by atoms with Gasteiger partial charge in [0.15, 0.2) is 6.29 Å². The highest BCUT2D eigenvalue weighted by Crippen LogP contribution is 2.72. The fourth-order valence-electron chi connectivity index (χ4n) is 11.0. The molecule has 5 aliphatic rings. The van der Waals surface area contributed by atoms with Gasteiger partial charge in [0.05, 0.1) is 31.3 Å². The minimum absolute atomic E-state index is 0.0539. The summed E-state index contributed by atoms with van der Waals surface area (Å²) in [6.07, 6.45) is 4.75. The molecule has 0 radical (unpaired) electrons. The number of carbonyl (C=O) groups excluding carboxylic acids is 3. The molecular formula is C42H50O10. The van der Waals surface area contributed by atoms with Crippen LogP contribution in [0.2, 0.25) is 0 Å². The summed E-state index contributed by atoms with van der Waals surface area (Å²) in [5, 5.41) is 11.8. The Kier molecular flexibility index (Phi) is 9.41. The average Bonchev–Trinajstić information content (AvgIpc) is 3.83. The lowest BCUT2D eigenvalue weighted by molar-refractivity contribution is -0.261. The summed E-state index contributed by atoms with van der Waals surface area (Å²) in [5.74, 6) is -2.34. The first-order valence-electron chi connectivity index (χ1n) is 18.4. The fourth-order valence-corrected chi connectivity index (χ4v) is 11.0. The lowest BCUT2D eigenvalue weighted by atomic mass is 9.39. The number of furan rings is 1. The van der Waals surface area contributed by atoms with E-state index in [9.17, 15) is 19.5 Å². The monoisotopic (exact) mass is 714 g/mol. The molecule has 52 heavy (non-hydrogen) atoms. The van der Waals surface area contributed by atoms with Gasteiger partial charge in [-0.1, -0.05) is 62.8 Å². The predicted octanol–water partition coefficient (Wildman–Crippen LogP) is 6.69. The number of allylic oxidation sites excluding steroid dienone is 2. The average molecular weight is 715 g/mol. The molecule has 2 saturated carbocycles. The second kappa shape index (κ2) is 13.5. The topological polar surface area (TPSA) is 131 Å². The van der Waals surface area contributed by atoms with Crippen LogP contribution in [-0.4, -0.2) is 66.4 Å². The highest BCUT2D eigenvalue weighted by atomic mass is 16.6. The maximum Gasteiger partial charge on any atom is 0.333 e. The van der Waals surface area contributed by atoms with E-state index in [0.29, 0.717) is 12.0 Å². The SMILES string of the molecule is C/C=C(\C)C(=O)OC1CC(OC(C)=O)C2(C)COC3C(OC(=O)/C=C/c4ccccc4)C4(C)C5=C(C)C(c6ccoc6)CC5OC(O)CC4C1(C)C32. The van der Waals surface area contributed by atoms with Crippen LogP contribution in [0.5, 0.6) is 0 Å². The Balaban J connectivity index is 1.43. The summed E-state index contributed by atoms with van der Waals surface area (Å²) in [4.78, 5) is 40.2. The minimum atomic E-state index is -1.15. The van der Waals surface area contributed by atoms with Crippen LogP contribution in [0.25, 0.3) is 6.08 Å². The van der Waals surface area contributed by atoms with Gasteiger partial charge in [0.25, 0.3) is 0 Å². The molecule has 12 atom stereocenters. The van der Waals surface area contributed by atoms with Crippen molar-refractivity contribution in [2.45, 2.75) is 110 Å². The van der Waals surface area contributed by atoms with Gasteiger partial charge < -0.3 is 33.2 Å². The standard InChI is InChI=1S/C42H50O10/c1-8-23(2)39(46)51-32-20-31(49-25(4)43)40(5)22-48-36-37(40)41(32,6)30-19-34(45)50-29-18-28(27-16-17-47-21-27)24(3)35(29)42(30,7)38(36)52-33(44)15-14-26-12-10-9-11-13-26/h8-17,21,28-32,34,36-38,45H,18-20,22H2,1-7H3/b15-14+,23-8+. The summed E-state index contributed by atoms with van der Waals surface area (Å²) in [6, 6.07) is 11.5. The summed E-state index contributed by atoms with van der Waals surface area (Å²) in [7, 11) is 0. The van der Waals surface area contributed by atoms with Crippen LogP contribution < -0.4 is 0 Å². The highest BCUT2D eigenvalue weighted by molar-refractivity contribution is 5.88. The second-order valence-electron chi connectivity index (χ2n) is 16.0. The van der Waals surface area contributed by atoms with E-state index < -0.39 is 82.8 Å². The van der Waals surface area contributed by atoms with Gasteiger partial charge in [0.1, 0.15) is 18.3 Å². The van der Waals surface area contributed by atoms with Crippen molar-refractivity contribution < 1.29 is 47.6 Å². The van der Waals surface area contributed by atoms with E-state index in [1.807, 2.05) is 36.4 Å². The Morgan fingerprint density at radius 2 is 1.71 bits per heavy atom. The van der Waals surface area contributed by atoms with Crippen molar-refractivity contribution in [3.8, 4) is 0 Å². The molecule has 1 aromatic heterocycles. The number of fused-ring (bicyclic) bond motifs is 4. The molecule has 2 saturated heterocycles. The molecule has 278 valence electrons. The Labute approximate surface area is 305 Å². The van der Waals surface area contributed by atoms with E-state index >= 15 is 0 Å². The lowest BCUT2D eigenvalue weighted by Crippen LogP contribution is -2.72. The van der Waals surface area contributed by atoms with Crippen LogP contribution in [0.1, 0.15) is 84.8 Å². The number of aliphatic hydroxyl groups excluding tert-OH is 1. The largest absolute Gasteiger partial charge is 0.472 e. The smallest absolute Gasteiger partial charge is 0.333 e. The molecule has 3 aliphatic carbocycles. The number of hydrogen-bond donors (Lipinski definition) is 1. The third kappa shape index (κ3) is 5.69. The maximum atomic E-state index is 14.0. The molecule has 1 aromatic carbocycles. The summed E-state index contributed by atoms with van der Waals surface area (Å²) in [6.45, 7) is 13.5. The van der Waals surface area contributed by atoms with Crippen LogP contribution in [0.15, 0.2) is 82.2 Å². The third-order valence-electron chi connectivity index (χ3n) is 13.3. The fraction of sp³-hybridized carbons (Fsp3) is 0.548. The molecule has 3 heterocycles. The zero-order valence-corrected chi connectivity index (χ0v) is 31.0. The van der Waals surface area contributed by atoms with Crippen molar-refractivity contribution in [3.05, 3.63) is 88.9 Å². The number of benzene rings is 1. The molecule has 1 N–H and O–H groups in total. The van der Waals surface area contributed by atoms with E-state index in [1.165, 1.54) is 13.0 Å². The summed E-state index contributed by atoms with van der Waals surface area (Å²) in [5.41, 5.74) is 1.79. The first-order chi connectivity index (χ1) is 24.7. The van der Waals surface area contributed by atoms with Crippen LogP contribution in [0, 0.1) is 28.1 Å². The Bertz CT molecular complexity index is 1790. The van der Waals surface area contributed by atoms with Crippen molar-refractivity contribution >= 4 is 24.0 Å². The van der Waals surface area contributed by atoms with Gasteiger partial charge in [0, 0.05) is 59.5 Å². The Hall–Kier alpha value is -3.99. The number of ether oxygens (including phenoxy) is 5. The van der Waals surface area contributed by atoms with Crippen molar-refractivity contribution in [3.63, 3.8) is 0 Å². The third-order valence-corrected chi connectivity index (χ3v) is 13.3. The molecule has 10 nitrogen and oxygen atoms in total. The van der Waals surface area contributed by atoms with Gasteiger partial charge in [0.2, 0.25) is 0 Å². The molecule has 2 aromatic rings. The van der Waals surface area contributed by atoms with Crippen LogP contribution in [-0.2, 0) is 38.1 Å². The number of hydrogen-bond acceptors (Lipinski definition) is 10. The molecule has 12 unspecified atom stereocenters. The number of carbonyl (C=O) groups is 3. The normalized spacial score (nSPS) is 39.7. The molecule has 4 fully saturated rings. The van der Waals surface area contributed by atoms with E-state index in [-0.39, 0.29) is 25.4 Å². The summed E-state index contributed by atoms with van der Waals surface area (Å²) < 4.78 is 38.0. The van der Waals surface area contributed by atoms with Gasteiger partial charge in [-0.15, -0.1) is 0 Å². The Morgan fingerprint density at radius 3 is 2.38 bits per heavy atom. The van der Waals surface area contributed by atoms with E-state index in [1.54, 1.807) is 38.5 Å². The second-order valence-corrected chi connectivity index (χ2v) is 16.0. The molecular weight excluding hydrogens is 664 g/mol. The molecule has 0 amide bonds. The molecule has 10 heteroatoms. The van der Waals surface area contributed by atoms with E-state index in [2.05, 4.69) is 27.7 Å². The first-order valence-corrected chi connectivity index (χ1v) is 18.4. The molecule has 0 spiro atoms. The number of rotatable bonds is 7. The van der Waals surface area contributed by atoms with E-state index in [4.69, 9.17) is 28.1 Å². The van der Waals surface area contributed by atoms with E-state index in [0.717, 1.165) is 22.3 Å². The zero-order chi connectivity index (χ0) is 37.2. The first kappa shape index (κ1) is 36.4. The van der Waals surface area contributed by atoms with Gasteiger partial charge in [-0.25, -0.2) is 9.59 Å². The quantitative estimate of drug-likeness (QED) is 0.143.